The largest absolute Gasteiger partial charge is 0.299 e. The summed E-state index contributed by atoms with van der Waals surface area (Å²) in [5.74, 6) is 1.21. The average molecular weight is 150 g/mol. The molecule has 2 bridgehead atoms. The molecule has 0 amide bonds. The first kappa shape index (κ1) is 7.08. The molecule has 0 aromatic heterocycles. The van der Waals surface area contributed by atoms with Crippen molar-refractivity contribution in [3.63, 3.8) is 0 Å². The van der Waals surface area contributed by atoms with Gasteiger partial charge in [0.1, 0.15) is 5.78 Å². The van der Waals surface area contributed by atoms with Gasteiger partial charge in [-0.05, 0) is 17.8 Å². The van der Waals surface area contributed by atoms with E-state index in [1.807, 2.05) is 0 Å². The second-order valence-electron chi connectivity index (χ2n) is 4.49. The van der Waals surface area contributed by atoms with Crippen LogP contribution in [-0.4, -0.2) is 5.78 Å². The van der Waals surface area contributed by atoms with E-state index in [2.05, 4.69) is 26.0 Å². The lowest BCUT2D eigenvalue weighted by Crippen LogP contribution is -2.40. The number of carbonyl (C=O) groups excluding carboxylic acids is 1. The van der Waals surface area contributed by atoms with Crippen LogP contribution in [0.15, 0.2) is 12.2 Å². The molecule has 11 heavy (non-hydrogen) atoms. The number of fused-ring (bicyclic) bond motifs is 2. The van der Waals surface area contributed by atoms with Crippen molar-refractivity contribution in [2.75, 3.05) is 0 Å². The van der Waals surface area contributed by atoms with Crippen LogP contribution in [0.1, 0.15) is 26.7 Å². The van der Waals surface area contributed by atoms with Gasteiger partial charge in [0, 0.05) is 12.3 Å². The van der Waals surface area contributed by atoms with Gasteiger partial charge >= 0.3 is 0 Å². The number of ketones is 1. The van der Waals surface area contributed by atoms with Gasteiger partial charge in [0.25, 0.3) is 0 Å². The van der Waals surface area contributed by atoms with E-state index in [0.717, 1.165) is 6.42 Å². The summed E-state index contributed by atoms with van der Waals surface area (Å²) in [5, 5.41) is 0. The fraction of sp³-hybridized carbons (Fsp3) is 0.700. The molecule has 2 atom stereocenters. The third-order valence-electron chi connectivity index (χ3n) is 3.02. The fourth-order valence-electron chi connectivity index (χ4n) is 2.47. The van der Waals surface area contributed by atoms with E-state index in [0.29, 0.717) is 11.7 Å². The highest BCUT2D eigenvalue weighted by Crippen LogP contribution is 2.46. The maximum atomic E-state index is 11.4. The van der Waals surface area contributed by atoms with E-state index >= 15 is 0 Å². The molecule has 2 unspecified atom stereocenters. The zero-order valence-electron chi connectivity index (χ0n) is 7.13. The second kappa shape index (κ2) is 1.96. The lowest BCUT2D eigenvalue weighted by molar-refractivity contribution is -0.129. The third kappa shape index (κ3) is 0.943. The van der Waals surface area contributed by atoms with Crippen molar-refractivity contribution in [2.24, 2.45) is 17.3 Å². The Labute approximate surface area is 67.5 Å². The normalized spacial score (nSPS) is 39.6. The molecule has 0 radical (unpaired) electrons. The van der Waals surface area contributed by atoms with Gasteiger partial charge in [-0.25, -0.2) is 0 Å². The van der Waals surface area contributed by atoms with Crippen molar-refractivity contribution in [1.82, 2.24) is 0 Å². The number of hydrogen-bond acceptors (Lipinski definition) is 1. The summed E-state index contributed by atoms with van der Waals surface area (Å²) in [7, 11) is 0. The van der Waals surface area contributed by atoms with Crippen LogP contribution < -0.4 is 0 Å². The average Bonchev–Trinajstić information content (AvgIpc) is 1.83. The Morgan fingerprint density at radius 3 is 2.55 bits per heavy atom. The number of rotatable bonds is 0. The summed E-state index contributed by atoms with van der Waals surface area (Å²) in [6, 6.07) is 0. The molecule has 0 N–H and O–H groups in total. The molecule has 0 heterocycles. The molecule has 3 rings (SSSR count). The highest BCUT2D eigenvalue weighted by molar-refractivity contribution is 5.86. The second-order valence-corrected chi connectivity index (χ2v) is 4.49. The zero-order chi connectivity index (χ0) is 8.06. The van der Waals surface area contributed by atoms with Gasteiger partial charge in [-0.3, -0.25) is 4.79 Å². The van der Waals surface area contributed by atoms with Crippen molar-refractivity contribution in [3.8, 4) is 0 Å². The molecule has 0 aromatic rings. The van der Waals surface area contributed by atoms with Crippen molar-refractivity contribution >= 4 is 5.78 Å². The topological polar surface area (TPSA) is 17.1 Å². The molecular formula is C10H14O. The van der Waals surface area contributed by atoms with Crippen LogP contribution in [-0.2, 0) is 4.79 Å². The number of Topliss-reactive ketones (excluding diaryl/α,β-unsaturated/α-hetero) is 1. The quantitative estimate of drug-likeness (QED) is 0.484. The van der Waals surface area contributed by atoms with E-state index < -0.39 is 0 Å². The van der Waals surface area contributed by atoms with Crippen LogP contribution >= 0.6 is 0 Å². The first-order chi connectivity index (χ1) is 5.09. The van der Waals surface area contributed by atoms with Gasteiger partial charge in [-0.2, -0.15) is 0 Å². The van der Waals surface area contributed by atoms with Gasteiger partial charge in [0.15, 0.2) is 0 Å². The van der Waals surface area contributed by atoms with E-state index in [4.69, 9.17) is 0 Å². The first-order valence-electron chi connectivity index (χ1n) is 4.31. The zero-order valence-corrected chi connectivity index (χ0v) is 7.13. The van der Waals surface area contributed by atoms with Crippen LogP contribution in [0.4, 0.5) is 0 Å². The predicted octanol–water partition coefficient (Wildman–Crippen LogP) is 2.18. The third-order valence-corrected chi connectivity index (χ3v) is 3.02. The van der Waals surface area contributed by atoms with E-state index in [9.17, 15) is 4.79 Å². The van der Waals surface area contributed by atoms with Crippen LogP contribution in [0.5, 0.6) is 0 Å². The number of carbonyl (C=O) groups is 1. The molecule has 0 saturated heterocycles. The van der Waals surface area contributed by atoms with Gasteiger partial charge in [-0.15, -0.1) is 0 Å². The van der Waals surface area contributed by atoms with E-state index in [1.54, 1.807) is 0 Å². The highest BCUT2D eigenvalue weighted by atomic mass is 16.1. The molecule has 1 heteroatoms. The Bertz CT molecular complexity index is 225. The smallest absolute Gasteiger partial charge is 0.140 e. The van der Waals surface area contributed by atoms with E-state index in [-0.39, 0.29) is 11.3 Å². The summed E-state index contributed by atoms with van der Waals surface area (Å²) >= 11 is 0. The number of hydrogen-bond donors (Lipinski definition) is 0. The van der Waals surface area contributed by atoms with Crippen molar-refractivity contribution in [2.45, 2.75) is 26.7 Å². The van der Waals surface area contributed by atoms with Crippen molar-refractivity contribution < 1.29 is 4.79 Å². The minimum atomic E-state index is 0.215. The summed E-state index contributed by atoms with van der Waals surface area (Å²) < 4.78 is 0. The Morgan fingerprint density at radius 1 is 1.45 bits per heavy atom. The van der Waals surface area contributed by atoms with Gasteiger partial charge in [-0.1, -0.05) is 26.0 Å². The Hall–Kier alpha value is -0.590. The molecule has 1 saturated carbocycles. The summed E-state index contributed by atoms with van der Waals surface area (Å²) in [4.78, 5) is 11.4. The lowest BCUT2D eigenvalue weighted by Gasteiger charge is -2.42. The molecule has 0 aromatic carbocycles. The standard InChI is InChI=1S/C10H14O/c1-10(2)6-7-3-4-8(10)9(11)5-7/h3-4,7-8H,5-6H2,1-2H3. The molecule has 1 fully saturated rings. The van der Waals surface area contributed by atoms with Crippen molar-refractivity contribution in [1.29, 1.82) is 0 Å². The summed E-state index contributed by atoms with van der Waals surface area (Å²) in [6.45, 7) is 4.40. The summed E-state index contributed by atoms with van der Waals surface area (Å²) in [6.07, 6.45) is 6.32. The van der Waals surface area contributed by atoms with Crippen molar-refractivity contribution in [3.05, 3.63) is 12.2 Å². The van der Waals surface area contributed by atoms with Crippen LogP contribution in [0.25, 0.3) is 0 Å². The SMILES string of the molecule is CC1(C)CC2C=CC1C(=O)C2. The molecule has 1 nitrogen and oxygen atoms in total. The molecule has 3 aliphatic rings. The molecule has 0 aliphatic heterocycles. The number of allylic oxidation sites excluding steroid dienone is 2. The van der Waals surface area contributed by atoms with Gasteiger partial charge < -0.3 is 0 Å². The van der Waals surface area contributed by atoms with E-state index in [1.165, 1.54) is 6.42 Å². The molecule has 60 valence electrons. The Morgan fingerprint density at radius 2 is 2.18 bits per heavy atom. The minimum Gasteiger partial charge on any atom is -0.299 e. The van der Waals surface area contributed by atoms with Gasteiger partial charge in [0.2, 0.25) is 0 Å². The van der Waals surface area contributed by atoms with Crippen LogP contribution in [0.2, 0.25) is 0 Å². The fourth-order valence-corrected chi connectivity index (χ4v) is 2.47. The van der Waals surface area contributed by atoms with Crippen LogP contribution in [0.3, 0.4) is 0 Å². The van der Waals surface area contributed by atoms with Gasteiger partial charge in [0.05, 0.1) is 0 Å². The molecule has 3 aliphatic carbocycles. The molecule has 0 spiro atoms. The maximum Gasteiger partial charge on any atom is 0.140 e. The monoisotopic (exact) mass is 150 g/mol. The Kier molecular flexibility index (Phi) is 1.26. The molecular weight excluding hydrogens is 136 g/mol. The maximum absolute atomic E-state index is 11.4. The Balaban J connectivity index is 2.37. The summed E-state index contributed by atoms with van der Waals surface area (Å²) in [5.41, 5.74) is 0.231. The minimum absolute atomic E-state index is 0.215. The first-order valence-corrected chi connectivity index (χ1v) is 4.31. The predicted molar refractivity (Wildman–Crippen MR) is 44.1 cm³/mol. The lowest BCUT2D eigenvalue weighted by atomic mass is 9.61. The highest BCUT2D eigenvalue weighted by Gasteiger charge is 2.42. The van der Waals surface area contributed by atoms with Crippen LogP contribution in [0, 0.1) is 17.3 Å².